The SMILES string of the molecule is CC(=O)SCCC(O)C(O)c1ccc(C(C)=O)cc1C. The minimum absolute atomic E-state index is 0.00585. The standard InChI is InChI=1S/C15H20O4S/c1-9-8-12(10(2)16)4-5-13(9)15(19)14(18)6-7-20-11(3)17/h4-5,8,14-15,18-19H,6-7H2,1-3H3. The van der Waals surface area contributed by atoms with Crippen molar-refractivity contribution in [3.05, 3.63) is 34.9 Å². The number of aliphatic hydroxyl groups is 2. The topological polar surface area (TPSA) is 74.6 Å². The van der Waals surface area contributed by atoms with E-state index in [1.807, 2.05) is 0 Å². The molecule has 1 aromatic rings. The number of carbonyl (C=O) groups excluding carboxylic acids is 2. The number of aryl methyl sites for hydroxylation is 1. The van der Waals surface area contributed by atoms with Crippen LogP contribution in [0.1, 0.15) is 47.9 Å². The molecule has 0 saturated carbocycles. The van der Waals surface area contributed by atoms with Gasteiger partial charge in [0.05, 0.1) is 6.10 Å². The van der Waals surface area contributed by atoms with Crippen LogP contribution < -0.4 is 0 Å². The molecule has 1 rings (SSSR count). The maximum Gasteiger partial charge on any atom is 0.185 e. The van der Waals surface area contributed by atoms with Gasteiger partial charge in [-0.05, 0) is 37.5 Å². The molecular weight excluding hydrogens is 276 g/mol. The Balaban J connectivity index is 2.73. The summed E-state index contributed by atoms with van der Waals surface area (Å²) in [7, 11) is 0. The Morgan fingerprint density at radius 1 is 1.25 bits per heavy atom. The molecule has 4 nitrogen and oxygen atoms in total. The quantitative estimate of drug-likeness (QED) is 0.788. The van der Waals surface area contributed by atoms with Crippen LogP contribution in [0.2, 0.25) is 0 Å². The first-order valence-electron chi connectivity index (χ1n) is 6.44. The largest absolute Gasteiger partial charge is 0.390 e. The number of carbonyl (C=O) groups is 2. The molecule has 0 aliphatic carbocycles. The lowest BCUT2D eigenvalue weighted by atomic mass is 9.95. The van der Waals surface area contributed by atoms with Gasteiger partial charge in [-0.2, -0.15) is 0 Å². The van der Waals surface area contributed by atoms with Gasteiger partial charge in [0.25, 0.3) is 0 Å². The van der Waals surface area contributed by atoms with E-state index in [1.165, 1.54) is 13.8 Å². The van der Waals surface area contributed by atoms with Crippen molar-refractivity contribution in [1.29, 1.82) is 0 Å². The highest BCUT2D eigenvalue weighted by Crippen LogP contribution is 2.24. The van der Waals surface area contributed by atoms with Crippen LogP contribution in [0.5, 0.6) is 0 Å². The molecule has 0 aliphatic rings. The van der Waals surface area contributed by atoms with Crippen molar-refractivity contribution in [3.63, 3.8) is 0 Å². The number of aliphatic hydroxyl groups excluding tert-OH is 2. The summed E-state index contributed by atoms with van der Waals surface area (Å²) >= 11 is 1.13. The van der Waals surface area contributed by atoms with Crippen LogP contribution in [0.3, 0.4) is 0 Å². The Hall–Kier alpha value is -1.17. The van der Waals surface area contributed by atoms with E-state index in [4.69, 9.17) is 0 Å². The van der Waals surface area contributed by atoms with Crippen LogP contribution in [-0.4, -0.2) is 33.0 Å². The second-order valence-electron chi connectivity index (χ2n) is 4.77. The highest BCUT2D eigenvalue weighted by atomic mass is 32.2. The molecule has 0 spiro atoms. The summed E-state index contributed by atoms with van der Waals surface area (Å²) in [5.41, 5.74) is 1.96. The lowest BCUT2D eigenvalue weighted by Crippen LogP contribution is -2.20. The zero-order valence-corrected chi connectivity index (χ0v) is 12.7. The van der Waals surface area contributed by atoms with Crippen LogP contribution >= 0.6 is 11.8 Å². The predicted molar refractivity (Wildman–Crippen MR) is 79.9 cm³/mol. The number of hydrogen-bond acceptors (Lipinski definition) is 5. The van der Waals surface area contributed by atoms with E-state index >= 15 is 0 Å². The van der Waals surface area contributed by atoms with Gasteiger partial charge >= 0.3 is 0 Å². The van der Waals surface area contributed by atoms with Crippen molar-refractivity contribution in [1.82, 2.24) is 0 Å². The fourth-order valence-electron chi connectivity index (χ4n) is 1.92. The molecule has 0 amide bonds. The molecule has 2 N–H and O–H groups in total. The van der Waals surface area contributed by atoms with Crippen LogP contribution in [0.25, 0.3) is 0 Å². The van der Waals surface area contributed by atoms with Crippen molar-refractivity contribution in [3.8, 4) is 0 Å². The van der Waals surface area contributed by atoms with Crippen LogP contribution in [0.4, 0.5) is 0 Å². The molecule has 1 aromatic carbocycles. The Labute approximate surface area is 123 Å². The summed E-state index contributed by atoms with van der Waals surface area (Å²) in [4.78, 5) is 22.1. The lowest BCUT2D eigenvalue weighted by molar-refractivity contribution is -0.109. The summed E-state index contributed by atoms with van der Waals surface area (Å²) < 4.78 is 0. The van der Waals surface area contributed by atoms with Crippen molar-refractivity contribution >= 4 is 22.7 Å². The van der Waals surface area contributed by atoms with Gasteiger partial charge in [0, 0.05) is 18.2 Å². The highest BCUT2D eigenvalue weighted by Gasteiger charge is 2.20. The van der Waals surface area contributed by atoms with Crippen molar-refractivity contribution in [2.45, 2.75) is 39.4 Å². The third-order valence-electron chi connectivity index (χ3n) is 3.08. The van der Waals surface area contributed by atoms with E-state index in [9.17, 15) is 19.8 Å². The molecule has 0 radical (unpaired) electrons. The number of hydrogen-bond donors (Lipinski definition) is 2. The Morgan fingerprint density at radius 2 is 1.90 bits per heavy atom. The van der Waals surface area contributed by atoms with Gasteiger partial charge in [-0.1, -0.05) is 23.9 Å². The first-order valence-corrected chi connectivity index (χ1v) is 7.42. The number of benzene rings is 1. The fourth-order valence-corrected chi connectivity index (χ4v) is 2.56. The summed E-state index contributed by atoms with van der Waals surface area (Å²) in [6.45, 7) is 4.75. The highest BCUT2D eigenvalue weighted by molar-refractivity contribution is 8.13. The number of rotatable bonds is 6. The molecule has 2 atom stereocenters. The molecule has 0 saturated heterocycles. The van der Waals surface area contributed by atoms with Gasteiger partial charge in [0.1, 0.15) is 6.10 Å². The van der Waals surface area contributed by atoms with Crippen molar-refractivity contribution in [2.24, 2.45) is 0 Å². The van der Waals surface area contributed by atoms with E-state index in [2.05, 4.69) is 0 Å². The van der Waals surface area contributed by atoms with E-state index in [0.717, 1.165) is 17.3 Å². The van der Waals surface area contributed by atoms with Gasteiger partial charge in [-0.15, -0.1) is 0 Å². The lowest BCUT2D eigenvalue weighted by Gasteiger charge is -2.20. The molecule has 0 bridgehead atoms. The molecule has 20 heavy (non-hydrogen) atoms. The average molecular weight is 296 g/mol. The zero-order chi connectivity index (χ0) is 15.3. The molecule has 5 heteroatoms. The Kier molecular flexibility index (Phi) is 6.39. The summed E-state index contributed by atoms with van der Waals surface area (Å²) in [6, 6.07) is 5.01. The first kappa shape index (κ1) is 16.9. The summed E-state index contributed by atoms with van der Waals surface area (Å²) in [5, 5.41) is 20.1. The smallest absolute Gasteiger partial charge is 0.185 e. The Bertz CT molecular complexity index is 499. The number of thioether (sulfide) groups is 1. The third-order valence-corrected chi connectivity index (χ3v) is 3.92. The summed E-state index contributed by atoms with van der Waals surface area (Å²) in [6.07, 6.45) is -1.61. The molecule has 0 fully saturated rings. The normalized spacial score (nSPS) is 13.8. The molecule has 0 aromatic heterocycles. The predicted octanol–water partition coefficient (Wildman–Crippen LogP) is 2.26. The summed E-state index contributed by atoms with van der Waals surface area (Å²) in [5.74, 6) is 0.436. The second-order valence-corrected chi connectivity index (χ2v) is 6.04. The maximum absolute atomic E-state index is 11.3. The van der Waals surface area contributed by atoms with Gasteiger partial charge in [0.2, 0.25) is 0 Å². The molecule has 0 aliphatic heterocycles. The van der Waals surface area contributed by atoms with Crippen LogP contribution in [0, 0.1) is 6.92 Å². The fraction of sp³-hybridized carbons (Fsp3) is 0.467. The van der Waals surface area contributed by atoms with Crippen molar-refractivity contribution in [2.75, 3.05) is 5.75 Å². The third kappa shape index (κ3) is 4.74. The molecular formula is C15H20O4S. The Morgan fingerprint density at radius 3 is 2.40 bits per heavy atom. The van der Waals surface area contributed by atoms with Gasteiger partial charge in [-0.25, -0.2) is 0 Å². The second kappa shape index (κ2) is 7.57. The molecule has 2 unspecified atom stereocenters. The number of ketones is 1. The zero-order valence-electron chi connectivity index (χ0n) is 11.9. The van der Waals surface area contributed by atoms with Gasteiger partial charge < -0.3 is 10.2 Å². The van der Waals surface area contributed by atoms with Gasteiger partial charge in [0.15, 0.2) is 10.9 Å². The van der Waals surface area contributed by atoms with Crippen molar-refractivity contribution < 1.29 is 19.8 Å². The van der Waals surface area contributed by atoms with E-state index in [1.54, 1.807) is 25.1 Å². The molecule has 0 heterocycles. The van der Waals surface area contributed by atoms with Gasteiger partial charge in [-0.3, -0.25) is 9.59 Å². The van der Waals surface area contributed by atoms with Crippen LogP contribution in [0.15, 0.2) is 18.2 Å². The van der Waals surface area contributed by atoms with E-state index in [-0.39, 0.29) is 10.9 Å². The first-order chi connectivity index (χ1) is 9.32. The van der Waals surface area contributed by atoms with E-state index < -0.39 is 12.2 Å². The number of Topliss-reactive ketones (excluding diaryl/α,β-unsaturated/α-hetero) is 1. The maximum atomic E-state index is 11.3. The average Bonchev–Trinajstić information content (AvgIpc) is 2.37. The van der Waals surface area contributed by atoms with Crippen LogP contribution in [-0.2, 0) is 4.79 Å². The monoisotopic (exact) mass is 296 g/mol. The molecule has 110 valence electrons. The minimum Gasteiger partial charge on any atom is -0.390 e. The minimum atomic E-state index is -1.01. The van der Waals surface area contributed by atoms with E-state index in [0.29, 0.717) is 23.3 Å².